The summed E-state index contributed by atoms with van der Waals surface area (Å²) in [6.45, 7) is 6.91. The van der Waals surface area contributed by atoms with E-state index < -0.39 is 24.5 Å². The number of aliphatic imine (C=N–C) groups is 1. The van der Waals surface area contributed by atoms with Gasteiger partial charge in [-0.05, 0) is 61.9 Å². The first-order chi connectivity index (χ1) is 17.1. The number of carbonyl (C=O) groups excluding carboxylic acids is 3. The molecule has 4 rings (SSSR count). The Morgan fingerprint density at radius 3 is 2.44 bits per heavy atom. The second-order valence-electron chi connectivity index (χ2n) is 8.55. The van der Waals surface area contributed by atoms with E-state index in [1.807, 2.05) is 51.1 Å². The number of anilines is 1. The average Bonchev–Trinajstić information content (AvgIpc) is 2.87. The molecule has 0 unspecified atom stereocenters. The second kappa shape index (κ2) is 9.61. The smallest absolute Gasteiger partial charge is 0.451 e. The number of amides is 4. The number of nitrogens with zero attached hydrogens (tertiary/aromatic N) is 3. The van der Waals surface area contributed by atoms with Crippen LogP contribution in [0.2, 0.25) is 0 Å². The monoisotopic (exact) mass is 486 g/mol. The molecule has 0 spiro atoms. The van der Waals surface area contributed by atoms with E-state index in [-0.39, 0.29) is 18.1 Å². The lowest BCUT2D eigenvalue weighted by Crippen LogP contribution is -2.56. The number of aryl methyl sites for hydroxylation is 1. The molecule has 184 valence electrons. The Labute approximate surface area is 208 Å². The van der Waals surface area contributed by atoms with Gasteiger partial charge in [0.25, 0.3) is 11.7 Å². The van der Waals surface area contributed by atoms with E-state index in [0.29, 0.717) is 17.1 Å². The molecule has 0 radical (unpaired) electrons. The minimum Gasteiger partial charge on any atom is -0.483 e. The van der Waals surface area contributed by atoms with Crippen LogP contribution in [0.4, 0.5) is 16.2 Å². The SMILES string of the molecule is CCN1C(=O)C(=NC(=O)COc2cc(C)c(N)c(C)c2C)C(N)=[N+](c2cccc3ccccc23)C1=O. The molecule has 0 fully saturated rings. The summed E-state index contributed by atoms with van der Waals surface area (Å²) in [5.41, 5.74) is 15.7. The highest BCUT2D eigenvalue weighted by Crippen LogP contribution is 2.30. The highest BCUT2D eigenvalue weighted by atomic mass is 16.5. The predicted octanol–water partition coefficient (Wildman–Crippen LogP) is 3.38. The van der Waals surface area contributed by atoms with Gasteiger partial charge in [-0.2, -0.15) is 14.5 Å². The summed E-state index contributed by atoms with van der Waals surface area (Å²) in [5, 5.41) is 1.66. The van der Waals surface area contributed by atoms with Gasteiger partial charge in [-0.1, -0.05) is 36.4 Å². The van der Waals surface area contributed by atoms with Crippen molar-refractivity contribution in [2.45, 2.75) is 27.7 Å². The third kappa shape index (κ3) is 4.19. The molecule has 4 N–H and O–H groups in total. The fourth-order valence-electron chi connectivity index (χ4n) is 4.19. The van der Waals surface area contributed by atoms with E-state index >= 15 is 0 Å². The number of imide groups is 1. The molecular formula is C27H28N5O4+. The van der Waals surface area contributed by atoms with Gasteiger partial charge in [-0.15, -0.1) is 0 Å². The van der Waals surface area contributed by atoms with Crippen LogP contribution < -0.4 is 16.2 Å². The number of hydrogen-bond donors (Lipinski definition) is 2. The molecule has 0 aromatic heterocycles. The Morgan fingerprint density at radius 1 is 1.03 bits per heavy atom. The van der Waals surface area contributed by atoms with Crippen LogP contribution in [0.25, 0.3) is 10.8 Å². The van der Waals surface area contributed by atoms with Gasteiger partial charge in [0.15, 0.2) is 6.61 Å². The van der Waals surface area contributed by atoms with Crippen LogP contribution in [0.15, 0.2) is 53.5 Å². The Morgan fingerprint density at radius 2 is 1.72 bits per heavy atom. The summed E-state index contributed by atoms with van der Waals surface area (Å²) in [6, 6.07) is 14.1. The fraction of sp³-hybridized carbons (Fsp3) is 0.222. The van der Waals surface area contributed by atoms with Gasteiger partial charge in [0, 0.05) is 11.1 Å². The number of urea groups is 1. The summed E-state index contributed by atoms with van der Waals surface area (Å²) in [6.07, 6.45) is 0. The lowest BCUT2D eigenvalue weighted by atomic mass is 10.0. The molecule has 1 aliphatic heterocycles. The molecule has 0 atom stereocenters. The van der Waals surface area contributed by atoms with Gasteiger partial charge in [0.05, 0.1) is 6.54 Å². The Hall–Kier alpha value is -4.53. The quantitative estimate of drug-likeness (QED) is 0.420. The van der Waals surface area contributed by atoms with Crippen molar-refractivity contribution in [3.05, 3.63) is 65.2 Å². The van der Waals surface area contributed by atoms with Crippen molar-refractivity contribution in [2.75, 3.05) is 18.9 Å². The van der Waals surface area contributed by atoms with Gasteiger partial charge in [-0.3, -0.25) is 4.79 Å². The number of fused-ring (bicyclic) bond motifs is 1. The molecule has 0 bridgehead atoms. The summed E-state index contributed by atoms with van der Waals surface area (Å²) in [4.78, 5) is 44.0. The molecule has 9 nitrogen and oxygen atoms in total. The molecule has 3 aromatic carbocycles. The largest absolute Gasteiger partial charge is 0.483 e. The summed E-state index contributed by atoms with van der Waals surface area (Å²) >= 11 is 0. The molecule has 1 heterocycles. The first kappa shape index (κ1) is 24.6. The number of nitrogen functional groups attached to an aromatic ring is 1. The number of rotatable bonds is 5. The maximum absolute atomic E-state index is 13.2. The number of carbonyl (C=O) groups is 3. The number of nitrogens with two attached hydrogens (primary N) is 2. The average molecular weight is 487 g/mol. The third-order valence-electron chi connectivity index (χ3n) is 6.37. The van der Waals surface area contributed by atoms with E-state index in [0.717, 1.165) is 32.4 Å². The number of ether oxygens (including phenoxy) is 1. The van der Waals surface area contributed by atoms with Crippen molar-refractivity contribution < 1.29 is 23.7 Å². The van der Waals surface area contributed by atoms with Crippen LogP contribution in [0.3, 0.4) is 0 Å². The molecule has 4 amide bonds. The van der Waals surface area contributed by atoms with Crippen molar-refractivity contribution in [1.29, 1.82) is 0 Å². The van der Waals surface area contributed by atoms with E-state index in [1.165, 1.54) is 4.58 Å². The van der Waals surface area contributed by atoms with Crippen LogP contribution in [-0.2, 0) is 9.59 Å². The second-order valence-corrected chi connectivity index (χ2v) is 8.55. The molecule has 0 saturated carbocycles. The first-order valence-electron chi connectivity index (χ1n) is 11.5. The van der Waals surface area contributed by atoms with Crippen LogP contribution in [0.5, 0.6) is 5.75 Å². The van der Waals surface area contributed by atoms with E-state index in [1.54, 1.807) is 25.1 Å². The molecule has 1 aliphatic rings. The van der Waals surface area contributed by atoms with E-state index in [2.05, 4.69) is 4.99 Å². The zero-order chi connectivity index (χ0) is 26.1. The molecule has 36 heavy (non-hydrogen) atoms. The predicted molar refractivity (Wildman–Crippen MR) is 139 cm³/mol. The summed E-state index contributed by atoms with van der Waals surface area (Å²) < 4.78 is 6.92. The Bertz CT molecular complexity index is 1480. The van der Waals surface area contributed by atoms with Crippen LogP contribution in [0, 0.1) is 20.8 Å². The summed E-state index contributed by atoms with van der Waals surface area (Å²) in [5.74, 6) is -1.16. The van der Waals surface area contributed by atoms with Crippen LogP contribution >= 0.6 is 0 Å². The van der Waals surface area contributed by atoms with Crippen molar-refractivity contribution in [2.24, 2.45) is 10.7 Å². The van der Waals surface area contributed by atoms with Crippen molar-refractivity contribution in [1.82, 2.24) is 4.90 Å². The lowest BCUT2D eigenvalue weighted by Gasteiger charge is -2.23. The Kier molecular flexibility index (Phi) is 6.57. The van der Waals surface area contributed by atoms with Gasteiger partial charge >= 0.3 is 11.9 Å². The molecule has 0 saturated heterocycles. The highest BCUT2D eigenvalue weighted by Gasteiger charge is 2.44. The van der Waals surface area contributed by atoms with Crippen molar-refractivity contribution in [3.63, 3.8) is 0 Å². The maximum Gasteiger partial charge on any atom is 0.451 e. The standard InChI is InChI=1S/C27H27N5O4/c1-5-31-26(34)24(30-22(33)14-36-21-13-15(2)23(28)17(4)16(21)3)25(29)32(27(31)35)20-12-8-10-18-9-6-7-11-19(18)20/h6-13,29H,5,14,28H2,1-4H3/p+1. The zero-order valence-electron chi connectivity index (χ0n) is 20.7. The molecule has 9 heteroatoms. The zero-order valence-corrected chi connectivity index (χ0v) is 20.7. The third-order valence-corrected chi connectivity index (χ3v) is 6.37. The Balaban J connectivity index is 1.73. The van der Waals surface area contributed by atoms with Crippen LogP contribution in [-0.4, -0.2) is 52.0 Å². The van der Waals surface area contributed by atoms with E-state index in [4.69, 9.17) is 16.2 Å². The lowest BCUT2D eigenvalue weighted by molar-refractivity contribution is -0.341. The topological polar surface area (TPSA) is 131 Å². The number of amidine groups is 1. The highest BCUT2D eigenvalue weighted by molar-refractivity contribution is 6.68. The maximum atomic E-state index is 13.2. The fourth-order valence-corrected chi connectivity index (χ4v) is 4.19. The molecular weight excluding hydrogens is 458 g/mol. The number of benzene rings is 3. The van der Waals surface area contributed by atoms with Gasteiger partial charge in [0.1, 0.15) is 11.4 Å². The van der Waals surface area contributed by atoms with Crippen LogP contribution in [0.1, 0.15) is 23.6 Å². The van der Waals surface area contributed by atoms with Gasteiger partial charge < -0.3 is 16.2 Å². The van der Waals surface area contributed by atoms with Gasteiger partial charge in [0.2, 0.25) is 5.71 Å². The molecule has 3 aromatic rings. The molecule has 0 aliphatic carbocycles. The van der Waals surface area contributed by atoms with Crippen molar-refractivity contribution in [3.8, 4) is 5.75 Å². The summed E-state index contributed by atoms with van der Waals surface area (Å²) in [7, 11) is 0. The van der Waals surface area contributed by atoms with Crippen molar-refractivity contribution >= 4 is 51.5 Å². The van der Waals surface area contributed by atoms with E-state index in [9.17, 15) is 14.4 Å². The first-order valence-corrected chi connectivity index (χ1v) is 11.5. The number of hydrogen-bond acceptors (Lipinski definition) is 6. The minimum atomic E-state index is -0.736. The normalized spacial score (nSPS) is 15.2. The van der Waals surface area contributed by atoms with Gasteiger partial charge in [-0.25, -0.2) is 9.59 Å². The minimum absolute atomic E-state index is 0.0824.